The lowest BCUT2D eigenvalue weighted by Gasteiger charge is -2.17. The third-order valence-electron chi connectivity index (χ3n) is 4.06. The van der Waals surface area contributed by atoms with Crippen LogP contribution in [0.2, 0.25) is 0 Å². The summed E-state index contributed by atoms with van der Waals surface area (Å²) < 4.78 is 15.5. The molecule has 3 atom stereocenters. The molecule has 152 valence electrons. The highest BCUT2D eigenvalue weighted by Gasteiger charge is 2.23. The van der Waals surface area contributed by atoms with Crippen LogP contribution in [0.15, 0.2) is 30.4 Å². The predicted molar refractivity (Wildman–Crippen MR) is 99.9 cm³/mol. The Bertz CT molecular complexity index is 768. The summed E-state index contributed by atoms with van der Waals surface area (Å²) in [7, 11) is 1.44. The zero-order chi connectivity index (χ0) is 20.7. The van der Waals surface area contributed by atoms with Crippen LogP contribution in [0.4, 0.5) is 0 Å². The van der Waals surface area contributed by atoms with E-state index in [0.29, 0.717) is 5.56 Å². The third-order valence-corrected chi connectivity index (χ3v) is 4.06. The van der Waals surface area contributed by atoms with Gasteiger partial charge in [0.2, 0.25) is 0 Å². The van der Waals surface area contributed by atoms with Crippen molar-refractivity contribution in [3.8, 4) is 11.5 Å². The average Bonchev–Trinajstić information content (AvgIpc) is 2.64. The fraction of sp³-hybridized carbons (Fsp3) is 0.400. The molecule has 0 bridgehead atoms. The molecule has 0 aromatic heterocycles. The van der Waals surface area contributed by atoms with E-state index in [1.807, 2.05) is 0 Å². The minimum atomic E-state index is -1.56. The fourth-order valence-electron chi connectivity index (χ4n) is 2.60. The summed E-state index contributed by atoms with van der Waals surface area (Å²) in [6.07, 6.45) is 2.28. The molecule has 1 aliphatic rings. The Morgan fingerprint density at radius 2 is 1.86 bits per heavy atom. The number of phenolic OH excluding ortho intramolecular Hbond substituents is 1. The van der Waals surface area contributed by atoms with Crippen LogP contribution in [0.3, 0.4) is 0 Å². The molecule has 8 nitrogen and oxygen atoms in total. The molecular weight excluding hydrogens is 368 g/mol. The number of ether oxygens (including phenoxy) is 3. The first kappa shape index (κ1) is 21.6. The van der Waals surface area contributed by atoms with Gasteiger partial charge in [-0.1, -0.05) is 18.2 Å². The lowest BCUT2D eigenvalue weighted by atomic mass is 10.0. The zero-order valence-corrected chi connectivity index (χ0v) is 15.7. The highest BCUT2D eigenvalue weighted by atomic mass is 16.7. The predicted octanol–water partition coefficient (Wildman–Crippen LogP) is 1.57. The highest BCUT2D eigenvalue weighted by molar-refractivity contribution is 5.97. The minimum absolute atomic E-state index is 0.0461. The normalized spacial score (nSPS) is 25.9. The molecule has 1 aromatic rings. The molecule has 0 radical (unpaired) electrons. The monoisotopic (exact) mass is 392 g/mol. The number of ketones is 1. The van der Waals surface area contributed by atoms with Gasteiger partial charge in [0.1, 0.15) is 29.3 Å². The van der Waals surface area contributed by atoms with E-state index in [4.69, 9.17) is 14.2 Å². The van der Waals surface area contributed by atoms with Crippen molar-refractivity contribution in [3.63, 3.8) is 0 Å². The van der Waals surface area contributed by atoms with Crippen molar-refractivity contribution in [2.75, 3.05) is 13.9 Å². The quantitative estimate of drug-likeness (QED) is 0.523. The van der Waals surface area contributed by atoms with E-state index in [-0.39, 0.29) is 36.7 Å². The number of methoxy groups -OCH3 is 1. The van der Waals surface area contributed by atoms with Crippen LogP contribution in [0.25, 0.3) is 6.08 Å². The molecule has 1 aliphatic heterocycles. The second-order valence-corrected chi connectivity index (χ2v) is 6.36. The number of hydrogen-bond donors (Lipinski definition) is 3. The van der Waals surface area contributed by atoms with Crippen molar-refractivity contribution < 1.29 is 39.1 Å². The molecule has 1 aromatic carbocycles. The van der Waals surface area contributed by atoms with E-state index in [0.717, 1.165) is 6.08 Å². The smallest absolute Gasteiger partial charge is 0.342 e. The molecule has 0 saturated carbocycles. The Balaban J connectivity index is 2.43. The molecule has 0 amide bonds. The lowest BCUT2D eigenvalue weighted by Crippen LogP contribution is -2.32. The van der Waals surface area contributed by atoms with E-state index in [2.05, 4.69) is 0 Å². The summed E-state index contributed by atoms with van der Waals surface area (Å²) in [5, 5.41) is 30.2. The van der Waals surface area contributed by atoms with Crippen LogP contribution in [-0.4, -0.2) is 59.3 Å². The van der Waals surface area contributed by atoms with Gasteiger partial charge < -0.3 is 29.5 Å². The van der Waals surface area contributed by atoms with Gasteiger partial charge in [0, 0.05) is 19.6 Å². The maximum Gasteiger partial charge on any atom is 0.342 e. The van der Waals surface area contributed by atoms with Crippen LogP contribution in [0.1, 0.15) is 35.7 Å². The Morgan fingerprint density at radius 3 is 2.57 bits per heavy atom. The standard InChI is InChI=1S/C20H24O8/c1-12-5-3-7-15(21)19(24)16(22)8-4-6-13-9-14(27-11-26-2)10-17(23)18(13)20(25)28-12/h3-4,6-7,9-10,12,16,19,22-24H,5,8,11H2,1-2H3/b6-4+,7-3-/t12?,16-,19+/m1/s1. The number of phenols is 1. The first-order valence-electron chi connectivity index (χ1n) is 8.76. The number of aromatic hydroxyl groups is 1. The van der Waals surface area contributed by atoms with E-state index in [1.165, 1.54) is 37.5 Å². The largest absolute Gasteiger partial charge is 0.507 e. The molecule has 0 fully saturated rings. The minimum Gasteiger partial charge on any atom is -0.507 e. The van der Waals surface area contributed by atoms with Crippen LogP contribution in [0.5, 0.6) is 11.5 Å². The number of cyclic esters (lactones) is 1. The van der Waals surface area contributed by atoms with Crippen LogP contribution in [-0.2, 0) is 14.3 Å². The topological polar surface area (TPSA) is 123 Å². The summed E-state index contributed by atoms with van der Waals surface area (Å²) >= 11 is 0. The molecule has 0 aliphatic carbocycles. The second kappa shape index (κ2) is 10.0. The molecular formula is C20H24O8. The number of rotatable bonds is 3. The van der Waals surface area contributed by atoms with Gasteiger partial charge in [0.15, 0.2) is 12.6 Å². The number of carbonyl (C=O) groups is 2. The van der Waals surface area contributed by atoms with Gasteiger partial charge in [0.05, 0.1) is 6.10 Å². The van der Waals surface area contributed by atoms with Crippen molar-refractivity contribution >= 4 is 17.8 Å². The number of benzene rings is 1. The van der Waals surface area contributed by atoms with E-state index in [1.54, 1.807) is 6.92 Å². The summed E-state index contributed by atoms with van der Waals surface area (Å²) in [5.74, 6) is -1.43. The first-order chi connectivity index (χ1) is 13.3. The summed E-state index contributed by atoms with van der Waals surface area (Å²) in [6.45, 7) is 1.58. The maximum absolute atomic E-state index is 12.6. The van der Waals surface area contributed by atoms with Gasteiger partial charge in [-0.3, -0.25) is 4.79 Å². The van der Waals surface area contributed by atoms with Gasteiger partial charge in [-0.05, 0) is 31.1 Å². The molecule has 8 heteroatoms. The first-order valence-corrected chi connectivity index (χ1v) is 8.76. The zero-order valence-electron chi connectivity index (χ0n) is 15.7. The Morgan fingerprint density at radius 1 is 1.14 bits per heavy atom. The molecule has 1 unspecified atom stereocenters. The van der Waals surface area contributed by atoms with Gasteiger partial charge in [-0.15, -0.1) is 0 Å². The van der Waals surface area contributed by atoms with Crippen molar-refractivity contribution in [1.29, 1.82) is 0 Å². The number of hydrogen-bond acceptors (Lipinski definition) is 8. The van der Waals surface area contributed by atoms with E-state index in [9.17, 15) is 24.9 Å². The molecule has 0 saturated heterocycles. The van der Waals surface area contributed by atoms with Crippen molar-refractivity contribution in [2.24, 2.45) is 0 Å². The second-order valence-electron chi connectivity index (χ2n) is 6.36. The number of carbonyl (C=O) groups excluding carboxylic acids is 2. The number of aliphatic hydroxyl groups excluding tert-OH is 2. The maximum atomic E-state index is 12.6. The molecule has 3 N–H and O–H groups in total. The average molecular weight is 392 g/mol. The molecule has 0 spiro atoms. The molecule has 1 heterocycles. The Labute approximate surface area is 162 Å². The third kappa shape index (κ3) is 5.66. The fourth-order valence-corrected chi connectivity index (χ4v) is 2.60. The summed E-state index contributed by atoms with van der Waals surface area (Å²) in [6, 6.07) is 2.79. The summed E-state index contributed by atoms with van der Waals surface area (Å²) in [5.41, 5.74) is 0.240. The van der Waals surface area contributed by atoms with E-state index >= 15 is 0 Å². The van der Waals surface area contributed by atoms with Crippen LogP contribution < -0.4 is 4.74 Å². The van der Waals surface area contributed by atoms with Crippen LogP contribution in [0, 0.1) is 0 Å². The van der Waals surface area contributed by atoms with Crippen molar-refractivity contribution in [1.82, 2.24) is 0 Å². The van der Waals surface area contributed by atoms with Crippen molar-refractivity contribution in [3.05, 3.63) is 41.5 Å². The lowest BCUT2D eigenvalue weighted by molar-refractivity contribution is -0.127. The number of aliphatic hydroxyl groups is 2. The molecule has 28 heavy (non-hydrogen) atoms. The molecule has 2 rings (SSSR count). The van der Waals surface area contributed by atoms with Gasteiger partial charge in [-0.2, -0.15) is 0 Å². The van der Waals surface area contributed by atoms with Gasteiger partial charge in [-0.25, -0.2) is 4.79 Å². The van der Waals surface area contributed by atoms with Gasteiger partial charge in [0.25, 0.3) is 0 Å². The number of esters is 1. The van der Waals surface area contributed by atoms with Gasteiger partial charge >= 0.3 is 5.97 Å². The van der Waals surface area contributed by atoms with Crippen molar-refractivity contribution in [2.45, 2.75) is 38.1 Å². The number of fused-ring (bicyclic) bond motifs is 1. The Hall–Kier alpha value is -2.68. The van der Waals surface area contributed by atoms with E-state index < -0.39 is 30.1 Å². The SMILES string of the molecule is COCOc1cc(O)c2c(c1)/C=C/C[C@@H](O)[C@@H](O)C(=O)/C=C\CC(C)OC2=O. The highest BCUT2D eigenvalue weighted by Crippen LogP contribution is 2.30. The Kier molecular flexibility index (Phi) is 7.74. The summed E-state index contributed by atoms with van der Waals surface area (Å²) in [4.78, 5) is 24.4. The van der Waals surface area contributed by atoms with Crippen LogP contribution >= 0.6 is 0 Å².